The van der Waals surface area contributed by atoms with Gasteiger partial charge in [-0.15, -0.1) is 0 Å². The molecule has 7 heteroatoms. The third kappa shape index (κ3) is 2.83. The van der Waals surface area contributed by atoms with Gasteiger partial charge in [0.05, 0.1) is 6.20 Å². The van der Waals surface area contributed by atoms with Crippen molar-refractivity contribution in [1.29, 1.82) is 0 Å². The van der Waals surface area contributed by atoms with Crippen LogP contribution in [0.25, 0.3) is 11.3 Å². The van der Waals surface area contributed by atoms with Crippen LogP contribution >= 0.6 is 0 Å². The molecule has 4 rings (SSSR count). The molecule has 6 nitrogen and oxygen atoms in total. The van der Waals surface area contributed by atoms with Crippen molar-refractivity contribution in [1.82, 2.24) is 9.97 Å². The molecule has 0 unspecified atom stereocenters. The molecule has 26 heavy (non-hydrogen) atoms. The van der Waals surface area contributed by atoms with E-state index in [1.54, 1.807) is 18.5 Å². The molecule has 2 atom stereocenters. The third-order valence-electron chi connectivity index (χ3n) is 5.09. The summed E-state index contributed by atoms with van der Waals surface area (Å²) in [5.41, 5.74) is 1.89. The Morgan fingerprint density at radius 2 is 1.73 bits per heavy atom. The summed E-state index contributed by atoms with van der Waals surface area (Å²) in [7, 11) is -3.79. The van der Waals surface area contributed by atoms with Gasteiger partial charge in [0.1, 0.15) is 0 Å². The molecule has 0 bridgehead atoms. The van der Waals surface area contributed by atoms with Crippen LogP contribution in [-0.4, -0.2) is 18.4 Å². The van der Waals surface area contributed by atoms with Crippen LogP contribution in [0.15, 0.2) is 64.3 Å². The van der Waals surface area contributed by atoms with Crippen LogP contribution in [0.3, 0.4) is 0 Å². The molecule has 134 valence electrons. The van der Waals surface area contributed by atoms with E-state index in [4.69, 9.17) is 9.56 Å². The first-order chi connectivity index (χ1) is 12.3. The lowest BCUT2D eigenvalue weighted by atomic mass is 10.1. The van der Waals surface area contributed by atoms with Crippen LogP contribution in [0.2, 0.25) is 0 Å². The summed E-state index contributed by atoms with van der Waals surface area (Å²) in [5.74, 6) is 1.70. The van der Waals surface area contributed by atoms with Crippen molar-refractivity contribution in [3.63, 3.8) is 0 Å². The Balaban J connectivity index is 1.62. The summed E-state index contributed by atoms with van der Waals surface area (Å²) in [5, 5.41) is 4.99. The van der Waals surface area contributed by atoms with Gasteiger partial charge in [0.2, 0.25) is 0 Å². The van der Waals surface area contributed by atoms with Gasteiger partial charge in [-0.2, -0.15) is 0 Å². The van der Waals surface area contributed by atoms with Crippen molar-refractivity contribution in [2.75, 3.05) is 0 Å². The van der Waals surface area contributed by atoms with Crippen LogP contribution in [0.1, 0.15) is 37.1 Å². The molecule has 1 aromatic carbocycles. The molecule has 1 aliphatic carbocycles. The van der Waals surface area contributed by atoms with Gasteiger partial charge < -0.3 is 4.42 Å². The molecule has 0 amide bonds. The minimum atomic E-state index is -3.79. The van der Waals surface area contributed by atoms with E-state index < -0.39 is 10.0 Å². The highest BCUT2D eigenvalue weighted by atomic mass is 32.2. The van der Waals surface area contributed by atoms with Crippen LogP contribution < -0.4 is 5.14 Å². The number of hydrogen-bond donors (Lipinski definition) is 1. The number of rotatable bonds is 4. The molecule has 0 saturated heterocycles. The number of benzene rings is 1. The zero-order valence-electron chi connectivity index (χ0n) is 14.5. The van der Waals surface area contributed by atoms with E-state index in [1.165, 1.54) is 6.07 Å². The summed E-state index contributed by atoms with van der Waals surface area (Å²) in [4.78, 5) is 8.47. The molecular weight excluding hydrogens is 350 g/mol. The van der Waals surface area contributed by atoms with Crippen molar-refractivity contribution >= 4 is 10.0 Å². The van der Waals surface area contributed by atoms with Gasteiger partial charge in [0.25, 0.3) is 10.0 Å². The first-order valence-electron chi connectivity index (χ1n) is 8.28. The van der Waals surface area contributed by atoms with Gasteiger partial charge in [-0.25, -0.2) is 23.5 Å². The van der Waals surface area contributed by atoms with Crippen LogP contribution in [-0.2, 0) is 10.0 Å². The topological polar surface area (TPSA) is 99.1 Å². The van der Waals surface area contributed by atoms with E-state index in [9.17, 15) is 8.42 Å². The van der Waals surface area contributed by atoms with E-state index >= 15 is 0 Å². The van der Waals surface area contributed by atoms with Crippen molar-refractivity contribution < 1.29 is 12.8 Å². The van der Waals surface area contributed by atoms with Crippen molar-refractivity contribution in [3.05, 3.63) is 66.3 Å². The number of hydrogen-bond acceptors (Lipinski definition) is 5. The number of nitrogens with zero attached hydrogens (tertiary/aromatic N) is 2. The number of nitrogens with two attached hydrogens (primary N) is 1. The molecule has 0 spiro atoms. The maximum Gasteiger partial charge on any atom is 0.255 e. The molecule has 1 saturated carbocycles. The standard InChI is InChI=1S/C19H19N3O3S/c1-19(2)16(13-8-9-15(21-10-13)26(20,23)24)17(19)18-22-11-14(25-18)12-6-4-3-5-7-12/h3-11,16-17H,1-2H3,(H2,20,23,24)/t16-,17+/m0/s1. The molecule has 2 aromatic heterocycles. The summed E-state index contributed by atoms with van der Waals surface area (Å²) in [6, 6.07) is 13.0. The Bertz CT molecular complexity index is 1040. The highest BCUT2D eigenvalue weighted by molar-refractivity contribution is 7.89. The van der Waals surface area contributed by atoms with Gasteiger partial charge in [-0.1, -0.05) is 50.2 Å². The highest BCUT2D eigenvalue weighted by Crippen LogP contribution is 2.69. The Labute approximate surface area is 152 Å². The summed E-state index contributed by atoms with van der Waals surface area (Å²) >= 11 is 0. The van der Waals surface area contributed by atoms with E-state index in [0.717, 1.165) is 16.9 Å². The van der Waals surface area contributed by atoms with Gasteiger partial charge in [0, 0.05) is 23.6 Å². The Morgan fingerprint density at radius 3 is 2.35 bits per heavy atom. The quantitative estimate of drug-likeness (QED) is 0.761. The molecule has 0 aliphatic heterocycles. The molecule has 2 N–H and O–H groups in total. The lowest BCUT2D eigenvalue weighted by molar-refractivity contribution is 0.477. The molecule has 3 aromatic rings. The average Bonchev–Trinajstić information content (AvgIpc) is 2.95. The minimum Gasteiger partial charge on any atom is -0.440 e. The summed E-state index contributed by atoms with van der Waals surface area (Å²) in [6.07, 6.45) is 3.33. The fraction of sp³-hybridized carbons (Fsp3) is 0.263. The largest absolute Gasteiger partial charge is 0.440 e. The minimum absolute atomic E-state index is 0.0520. The lowest BCUT2D eigenvalue weighted by Gasteiger charge is -2.03. The second-order valence-electron chi connectivity index (χ2n) is 7.18. The zero-order valence-corrected chi connectivity index (χ0v) is 15.3. The maximum atomic E-state index is 11.4. The number of oxazole rings is 1. The van der Waals surface area contributed by atoms with Gasteiger partial charge in [-0.05, 0) is 17.0 Å². The fourth-order valence-corrected chi connectivity index (χ4v) is 4.09. The number of sulfonamides is 1. The lowest BCUT2D eigenvalue weighted by Crippen LogP contribution is -2.13. The van der Waals surface area contributed by atoms with Gasteiger partial charge in [-0.3, -0.25) is 0 Å². The monoisotopic (exact) mass is 369 g/mol. The maximum absolute atomic E-state index is 11.4. The second-order valence-corrected chi connectivity index (χ2v) is 8.69. The summed E-state index contributed by atoms with van der Waals surface area (Å²) < 4.78 is 28.8. The Kier molecular flexibility index (Phi) is 3.75. The van der Waals surface area contributed by atoms with Crippen molar-refractivity contribution in [2.45, 2.75) is 30.7 Å². The normalized spacial score (nSPS) is 21.5. The smallest absolute Gasteiger partial charge is 0.255 e. The zero-order chi connectivity index (χ0) is 18.5. The molecule has 1 aliphatic rings. The number of pyridine rings is 1. The third-order valence-corrected chi connectivity index (χ3v) is 5.91. The first kappa shape index (κ1) is 16.9. The Hall–Kier alpha value is -2.51. The van der Waals surface area contributed by atoms with E-state index in [2.05, 4.69) is 23.8 Å². The van der Waals surface area contributed by atoms with Gasteiger partial charge in [0.15, 0.2) is 16.7 Å². The Morgan fingerprint density at radius 1 is 1.00 bits per heavy atom. The molecular formula is C19H19N3O3S. The van der Waals surface area contributed by atoms with Crippen LogP contribution in [0.4, 0.5) is 0 Å². The molecule has 1 fully saturated rings. The predicted molar refractivity (Wildman–Crippen MR) is 96.8 cm³/mol. The molecule has 2 heterocycles. The van der Waals surface area contributed by atoms with E-state index in [1.807, 2.05) is 30.3 Å². The predicted octanol–water partition coefficient (Wildman–Crippen LogP) is 3.29. The van der Waals surface area contributed by atoms with Crippen LogP contribution in [0, 0.1) is 5.41 Å². The number of aromatic nitrogens is 2. The first-order valence-corrected chi connectivity index (χ1v) is 9.83. The SMILES string of the molecule is CC1(C)[C@@H](c2ccc(S(N)(=O)=O)nc2)[C@@H]1c1ncc(-c2ccccc2)o1. The van der Waals surface area contributed by atoms with Crippen molar-refractivity contribution in [2.24, 2.45) is 10.6 Å². The van der Waals surface area contributed by atoms with Crippen molar-refractivity contribution in [3.8, 4) is 11.3 Å². The second kappa shape index (κ2) is 5.75. The average molecular weight is 369 g/mol. The van der Waals surface area contributed by atoms with Crippen LogP contribution in [0.5, 0.6) is 0 Å². The fourth-order valence-electron chi connectivity index (χ4n) is 3.63. The number of primary sulfonamides is 1. The van der Waals surface area contributed by atoms with Gasteiger partial charge >= 0.3 is 0 Å². The van der Waals surface area contributed by atoms with E-state index in [0.29, 0.717) is 5.89 Å². The van der Waals surface area contributed by atoms with E-state index in [-0.39, 0.29) is 22.3 Å². The highest BCUT2D eigenvalue weighted by Gasteiger charge is 2.61. The molecule has 0 radical (unpaired) electrons. The summed E-state index contributed by atoms with van der Waals surface area (Å²) in [6.45, 7) is 4.28.